The molecule has 1 amide bonds. The molecule has 0 bridgehead atoms. The summed E-state index contributed by atoms with van der Waals surface area (Å²) in [7, 11) is 0. The van der Waals surface area contributed by atoms with E-state index in [4.69, 9.17) is 0 Å². The van der Waals surface area contributed by atoms with Gasteiger partial charge in [-0.15, -0.1) is 0 Å². The number of phenolic OH excluding ortho intramolecular Hbond substituents is 1. The maximum atomic E-state index is 12.8. The molecule has 3 aromatic carbocycles. The highest BCUT2D eigenvalue weighted by Crippen LogP contribution is 2.28. The quantitative estimate of drug-likeness (QED) is 0.467. The first-order valence-electron chi connectivity index (χ1n) is 9.10. The van der Waals surface area contributed by atoms with Gasteiger partial charge in [-0.2, -0.15) is 5.10 Å². The van der Waals surface area contributed by atoms with Crippen molar-refractivity contribution in [2.75, 3.05) is 5.32 Å². The third kappa shape index (κ3) is 3.77. The summed E-state index contributed by atoms with van der Waals surface area (Å²) in [5.41, 5.74) is 2.35. The summed E-state index contributed by atoms with van der Waals surface area (Å²) >= 11 is 0. The molecule has 4 aromatic rings. The predicted molar refractivity (Wildman–Crippen MR) is 112 cm³/mol. The van der Waals surface area contributed by atoms with Crippen molar-refractivity contribution in [3.63, 3.8) is 0 Å². The summed E-state index contributed by atoms with van der Waals surface area (Å²) in [6.45, 7) is 0. The van der Waals surface area contributed by atoms with Gasteiger partial charge in [0, 0.05) is 18.5 Å². The predicted octanol–water partition coefficient (Wildman–Crippen LogP) is 4.20. The van der Waals surface area contributed by atoms with Gasteiger partial charge >= 0.3 is 5.97 Å². The smallest absolute Gasteiger partial charge is 0.337 e. The number of aromatic carboxylic acids is 1. The van der Waals surface area contributed by atoms with Crippen molar-refractivity contribution in [1.82, 2.24) is 9.78 Å². The van der Waals surface area contributed by atoms with Crippen LogP contribution < -0.4 is 5.32 Å². The Hall–Kier alpha value is -4.39. The Morgan fingerprint density at radius 1 is 0.867 bits per heavy atom. The van der Waals surface area contributed by atoms with E-state index in [2.05, 4.69) is 10.4 Å². The number of rotatable bonds is 5. The Kier molecular flexibility index (Phi) is 5.00. The maximum absolute atomic E-state index is 12.8. The van der Waals surface area contributed by atoms with Crippen LogP contribution in [0.5, 0.6) is 5.75 Å². The van der Waals surface area contributed by atoms with Gasteiger partial charge in [-0.3, -0.25) is 4.79 Å². The molecule has 1 heterocycles. The molecule has 0 fully saturated rings. The lowest BCUT2D eigenvalue weighted by molar-refractivity contribution is 0.0698. The van der Waals surface area contributed by atoms with Crippen LogP contribution in [-0.2, 0) is 0 Å². The highest BCUT2D eigenvalue weighted by atomic mass is 16.4. The molecule has 1 aromatic heterocycles. The third-order valence-electron chi connectivity index (χ3n) is 4.60. The van der Waals surface area contributed by atoms with Crippen molar-refractivity contribution in [2.24, 2.45) is 0 Å². The highest BCUT2D eigenvalue weighted by Gasteiger charge is 2.17. The number of phenols is 1. The SMILES string of the molecule is O=C(Nc1cc(-c2ccccc2)ccc1C(=O)O)c1ccc(-n2cccn2)cc1O. The molecular weight excluding hydrogens is 382 g/mol. The van der Waals surface area contributed by atoms with Gasteiger partial charge in [-0.1, -0.05) is 36.4 Å². The van der Waals surface area contributed by atoms with Crippen LogP contribution in [0, 0.1) is 0 Å². The molecule has 0 aliphatic heterocycles. The molecule has 0 saturated heterocycles. The molecule has 0 spiro atoms. The fourth-order valence-corrected chi connectivity index (χ4v) is 3.11. The topological polar surface area (TPSA) is 104 Å². The van der Waals surface area contributed by atoms with Gasteiger partial charge in [0.2, 0.25) is 0 Å². The van der Waals surface area contributed by atoms with Crippen LogP contribution in [0.1, 0.15) is 20.7 Å². The van der Waals surface area contributed by atoms with E-state index in [0.717, 1.165) is 11.1 Å². The number of amides is 1. The normalized spacial score (nSPS) is 10.5. The number of aromatic hydroxyl groups is 1. The van der Waals surface area contributed by atoms with E-state index in [0.29, 0.717) is 5.69 Å². The van der Waals surface area contributed by atoms with Crippen LogP contribution in [0.4, 0.5) is 5.69 Å². The molecule has 30 heavy (non-hydrogen) atoms. The third-order valence-corrected chi connectivity index (χ3v) is 4.60. The van der Waals surface area contributed by atoms with E-state index in [-0.39, 0.29) is 22.6 Å². The number of aromatic nitrogens is 2. The molecule has 0 radical (unpaired) electrons. The number of hydrogen-bond donors (Lipinski definition) is 3. The number of nitrogens with one attached hydrogen (secondary N) is 1. The van der Waals surface area contributed by atoms with Gasteiger partial charge in [0.15, 0.2) is 0 Å². The van der Waals surface area contributed by atoms with Gasteiger partial charge in [-0.05, 0) is 41.5 Å². The molecule has 0 unspecified atom stereocenters. The summed E-state index contributed by atoms with van der Waals surface area (Å²) < 4.78 is 1.55. The Labute approximate surface area is 171 Å². The lowest BCUT2D eigenvalue weighted by Gasteiger charge is -2.12. The van der Waals surface area contributed by atoms with Crippen LogP contribution in [-0.4, -0.2) is 31.9 Å². The monoisotopic (exact) mass is 399 g/mol. The van der Waals surface area contributed by atoms with Crippen molar-refractivity contribution < 1.29 is 19.8 Å². The van der Waals surface area contributed by atoms with E-state index in [1.165, 1.54) is 18.2 Å². The number of nitrogens with zero attached hydrogens (tertiary/aromatic N) is 2. The molecule has 4 rings (SSSR count). The molecule has 7 heteroatoms. The molecule has 0 saturated carbocycles. The number of anilines is 1. The van der Waals surface area contributed by atoms with Crippen LogP contribution in [0.15, 0.2) is 85.2 Å². The van der Waals surface area contributed by atoms with E-state index in [1.54, 1.807) is 41.3 Å². The average molecular weight is 399 g/mol. The summed E-state index contributed by atoms with van der Waals surface area (Å²) in [5, 5.41) is 26.5. The molecule has 7 nitrogen and oxygen atoms in total. The number of carboxylic acid groups (broad SMARTS) is 1. The first-order valence-corrected chi connectivity index (χ1v) is 9.10. The Balaban J connectivity index is 1.66. The van der Waals surface area contributed by atoms with Crippen LogP contribution in [0.2, 0.25) is 0 Å². The standard InChI is InChI=1S/C23H17N3O4/c27-21-14-17(26-12-4-11-24-26)8-10-19(21)22(28)25-20-13-16(7-9-18(20)23(29)30)15-5-2-1-3-6-15/h1-14,27H,(H,25,28)(H,29,30). The fraction of sp³-hybridized carbons (Fsp3) is 0. The van der Waals surface area contributed by atoms with Gasteiger partial charge in [0.1, 0.15) is 5.75 Å². The minimum absolute atomic E-state index is 0.0207. The second-order valence-electron chi connectivity index (χ2n) is 6.54. The Bertz CT molecular complexity index is 1220. The summed E-state index contributed by atoms with van der Waals surface area (Å²) in [5.74, 6) is -2.02. The summed E-state index contributed by atoms with van der Waals surface area (Å²) in [6.07, 6.45) is 3.31. The lowest BCUT2D eigenvalue weighted by Crippen LogP contribution is -2.15. The molecule has 3 N–H and O–H groups in total. The molecule has 148 valence electrons. The number of hydrogen-bond acceptors (Lipinski definition) is 4. The zero-order valence-corrected chi connectivity index (χ0v) is 15.7. The number of carboxylic acids is 1. The number of carbonyl (C=O) groups is 2. The Morgan fingerprint density at radius 2 is 1.63 bits per heavy atom. The largest absolute Gasteiger partial charge is 0.507 e. The van der Waals surface area contributed by atoms with E-state index >= 15 is 0 Å². The molecule has 0 aliphatic rings. The van der Waals surface area contributed by atoms with Gasteiger partial charge in [0.25, 0.3) is 5.91 Å². The highest BCUT2D eigenvalue weighted by molar-refractivity contribution is 6.09. The average Bonchev–Trinajstić information content (AvgIpc) is 3.29. The minimum atomic E-state index is -1.16. The molecular formula is C23H17N3O4. The van der Waals surface area contributed by atoms with Crippen molar-refractivity contribution in [1.29, 1.82) is 0 Å². The van der Waals surface area contributed by atoms with Crippen molar-refractivity contribution >= 4 is 17.6 Å². The Morgan fingerprint density at radius 3 is 2.30 bits per heavy atom. The van der Waals surface area contributed by atoms with Crippen molar-refractivity contribution in [3.8, 4) is 22.6 Å². The summed E-state index contributed by atoms with van der Waals surface area (Å²) in [6, 6.07) is 20.4. The zero-order valence-electron chi connectivity index (χ0n) is 15.7. The first kappa shape index (κ1) is 18.9. The summed E-state index contributed by atoms with van der Waals surface area (Å²) in [4.78, 5) is 24.4. The van der Waals surface area contributed by atoms with Crippen LogP contribution >= 0.6 is 0 Å². The molecule has 0 atom stereocenters. The zero-order chi connectivity index (χ0) is 21.1. The number of carbonyl (C=O) groups excluding carboxylic acids is 1. The first-order chi connectivity index (χ1) is 14.5. The van der Waals surface area contributed by atoms with Crippen molar-refractivity contribution in [3.05, 3.63) is 96.3 Å². The van der Waals surface area contributed by atoms with E-state index in [1.807, 2.05) is 30.3 Å². The van der Waals surface area contributed by atoms with E-state index < -0.39 is 11.9 Å². The van der Waals surface area contributed by atoms with Crippen LogP contribution in [0.25, 0.3) is 16.8 Å². The van der Waals surface area contributed by atoms with Gasteiger partial charge in [0.05, 0.1) is 22.5 Å². The number of benzene rings is 3. The molecule has 0 aliphatic carbocycles. The van der Waals surface area contributed by atoms with Gasteiger partial charge < -0.3 is 15.5 Å². The van der Waals surface area contributed by atoms with E-state index in [9.17, 15) is 19.8 Å². The second-order valence-corrected chi connectivity index (χ2v) is 6.54. The van der Waals surface area contributed by atoms with Crippen LogP contribution in [0.3, 0.4) is 0 Å². The maximum Gasteiger partial charge on any atom is 0.337 e. The fourth-order valence-electron chi connectivity index (χ4n) is 3.11. The lowest BCUT2D eigenvalue weighted by atomic mass is 10.0. The second kappa shape index (κ2) is 7.92. The van der Waals surface area contributed by atoms with Crippen molar-refractivity contribution in [2.45, 2.75) is 0 Å². The van der Waals surface area contributed by atoms with Gasteiger partial charge in [-0.25, -0.2) is 9.48 Å². The minimum Gasteiger partial charge on any atom is -0.507 e.